The summed E-state index contributed by atoms with van der Waals surface area (Å²) in [5.41, 5.74) is 1.49. The minimum atomic E-state index is -0.240. The molecule has 1 amide bonds. The number of nitrogens with one attached hydrogen (secondary N) is 3. The van der Waals surface area contributed by atoms with Crippen LogP contribution in [-0.2, 0) is 6.42 Å². The number of rotatable bonds is 8. The first kappa shape index (κ1) is 20.7. The van der Waals surface area contributed by atoms with Crippen LogP contribution < -0.4 is 16.0 Å². The van der Waals surface area contributed by atoms with Gasteiger partial charge in [-0.1, -0.05) is 35.9 Å². The van der Waals surface area contributed by atoms with Crippen LogP contribution in [0.1, 0.15) is 22.8 Å². The first-order valence-corrected chi connectivity index (χ1v) is 9.27. The van der Waals surface area contributed by atoms with E-state index in [1.807, 2.05) is 6.92 Å². The molecule has 2 aromatic rings. The smallest absolute Gasteiger partial charge is 0.252 e. The summed E-state index contributed by atoms with van der Waals surface area (Å²) in [6.45, 7) is 4.25. The molecule has 0 aliphatic carbocycles. The van der Waals surface area contributed by atoms with Gasteiger partial charge in [-0.15, -0.1) is 0 Å². The summed E-state index contributed by atoms with van der Waals surface area (Å²) < 4.78 is 12.9. The lowest BCUT2D eigenvalue weighted by atomic mass is 10.1. The average Bonchev–Trinajstić information content (AvgIpc) is 2.67. The third kappa shape index (κ3) is 7.27. The molecule has 0 aliphatic heterocycles. The van der Waals surface area contributed by atoms with Crippen molar-refractivity contribution in [1.82, 2.24) is 16.0 Å². The maximum atomic E-state index is 12.9. The highest BCUT2D eigenvalue weighted by Gasteiger charge is 2.08. The summed E-state index contributed by atoms with van der Waals surface area (Å²) in [6.07, 6.45) is 0.722. The molecule has 0 unspecified atom stereocenters. The average molecular weight is 391 g/mol. The van der Waals surface area contributed by atoms with Crippen LogP contribution in [0.15, 0.2) is 53.5 Å². The quantitative estimate of drug-likeness (QED) is 0.369. The number of carbonyl (C=O) groups is 1. The molecule has 0 atom stereocenters. The van der Waals surface area contributed by atoms with Crippen LogP contribution in [0.4, 0.5) is 4.39 Å². The highest BCUT2D eigenvalue weighted by Crippen LogP contribution is 2.14. The molecule has 0 radical (unpaired) electrons. The number of amides is 1. The Kier molecular flexibility index (Phi) is 8.58. The van der Waals surface area contributed by atoms with Crippen molar-refractivity contribution in [3.8, 4) is 0 Å². The van der Waals surface area contributed by atoms with Crippen LogP contribution in [-0.4, -0.2) is 38.0 Å². The van der Waals surface area contributed by atoms with Crippen molar-refractivity contribution >= 4 is 23.5 Å². The summed E-state index contributed by atoms with van der Waals surface area (Å²) in [5, 5.41) is 9.57. The van der Waals surface area contributed by atoms with Crippen LogP contribution in [0.2, 0.25) is 5.02 Å². The van der Waals surface area contributed by atoms with E-state index in [0.717, 1.165) is 18.5 Å². The van der Waals surface area contributed by atoms with Gasteiger partial charge in [-0.25, -0.2) is 4.39 Å². The van der Waals surface area contributed by atoms with Crippen molar-refractivity contribution in [2.75, 3.05) is 26.2 Å². The van der Waals surface area contributed by atoms with E-state index >= 15 is 0 Å². The number of halogens is 2. The van der Waals surface area contributed by atoms with Gasteiger partial charge in [0.05, 0.1) is 10.6 Å². The standard InChI is InChI=1S/C20H24ClFN4O/c1-2-23-20(25-12-11-15-7-9-16(22)10-8-15)26-14-13-24-19(27)17-5-3-4-6-18(17)21/h3-10H,2,11-14H2,1H3,(H,24,27)(H2,23,25,26). The van der Waals surface area contributed by atoms with Gasteiger partial charge in [0, 0.05) is 26.2 Å². The molecule has 2 rings (SSSR count). The summed E-state index contributed by atoms with van der Waals surface area (Å²) >= 11 is 6.01. The molecule has 0 heterocycles. The summed E-state index contributed by atoms with van der Waals surface area (Å²) in [4.78, 5) is 16.6. The Balaban J connectivity index is 1.75. The van der Waals surface area contributed by atoms with Crippen molar-refractivity contribution in [3.63, 3.8) is 0 Å². The van der Waals surface area contributed by atoms with Gasteiger partial charge in [0.1, 0.15) is 5.82 Å². The monoisotopic (exact) mass is 390 g/mol. The summed E-state index contributed by atoms with van der Waals surface area (Å²) in [5.74, 6) is 0.225. The largest absolute Gasteiger partial charge is 0.357 e. The maximum Gasteiger partial charge on any atom is 0.252 e. The third-order valence-electron chi connectivity index (χ3n) is 3.75. The Morgan fingerprint density at radius 2 is 1.74 bits per heavy atom. The van der Waals surface area contributed by atoms with E-state index in [4.69, 9.17) is 11.6 Å². The summed E-state index contributed by atoms with van der Waals surface area (Å²) in [7, 11) is 0. The Labute approximate surface area is 164 Å². The molecule has 7 heteroatoms. The highest BCUT2D eigenvalue weighted by molar-refractivity contribution is 6.33. The van der Waals surface area contributed by atoms with Crippen LogP contribution in [0.25, 0.3) is 0 Å². The lowest BCUT2D eigenvalue weighted by Gasteiger charge is -2.12. The maximum absolute atomic E-state index is 12.9. The van der Waals surface area contributed by atoms with Crippen molar-refractivity contribution in [2.24, 2.45) is 4.99 Å². The van der Waals surface area contributed by atoms with E-state index in [9.17, 15) is 9.18 Å². The topological polar surface area (TPSA) is 65.5 Å². The van der Waals surface area contributed by atoms with E-state index in [2.05, 4.69) is 20.9 Å². The Morgan fingerprint density at radius 3 is 2.44 bits per heavy atom. The van der Waals surface area contributed by atoms with Crippen molar-refractivity contribution < 1.29 is 9.18 Å². The molecule has 2 aromatic carbocycles. The van der Waals surface area contributed by atoms with Gasteiger partial charge in [-0.3, -0.25) is 9.79 Å². The first-order valence-electron chi connectivity index (χ1n) is 8.89. The van der Waals surface area contributed by atoms with Gasteiger partial charge >= 0.3 is 0 Å². The molecule has 3 N–H and O–H groups in total. The highest BCUT2D eigenvalue weighted by atomic mass is 35.5. The lowest BCUT2D eigenvalue weighted by molar-refractivity contribution is 0.0954. The molecular formula is C20H24ClFN4O. The molecule has 27 heavy (non-hydrogen) atoms. The van der Waals surface area contributed by atoms with Crippen LogP contribution >= 0.6 is 11.6 Å². The molecule has 0 spiro atoms. The zero-order valence-electron chi connectivity index (χ0n) is 15.3. The number of nitrogens with zero attached hydrogens (tertiary/aromatic N) is 1. The lowest BCUT2D eigenvalue weighted by Crippen LogP contribution is -2.41. The molecule has 0 saturated heterocycles. The second-order valence-corrected chi connectivity index (χ2v) is 6.21. The molecule has 5 nitrogen and oxygen atoms in total. The van der Waals surface area contributed by atoms with Gasteiger partial charge in [0.2, 0.25) is 0 Å². The third-order valence-corrected chi connectivity index (χ3v) is 4.08. The molecular weight excluding hydrogens is 367 g/mol. The molecule has 0 bridgehead atoms. The van der Waals surface area contributed by atoms with E-state index in [1.54, 1.807) is 36.4 Å². The number of carbonyl (C=O) groups excluding carboxylic acids is 1. The molecule has 0 aromatic heterocycles. The minimum absolute atomic E-state index is 0.208. The van der Waals surface area contributed by atoms with Crippen LogP contribution in [0, 0.1) is 5.82 Å². The molecule has 0 saturated carbocycles. The minimum Gasteiger partial charge on any atom is -0.357 e. The Morgan fingerprint density at radius 1 is 1.04 bits per heavy atom. The predicted octanol–water partition coefficient (Wildman–Crippen LogP) is 3.01. The fraction of sp³-hybridized carbons (Fsp3) is 0.300. The number of hydrogen-bond acceptors (Lipinski definition) is 2. The molecule has 0 aliphatic rings. The molecule has 144 valence electrons. The Hall–Kier alpha value is -2.60. The van der Waals surface area contributed by atoms with E-state index in [1.165, 1.54) is 12.1 Å². The normalized spacial score (nSPS) is 11.1. The first-order chi connectivity index (χ1) is 13.1. The van der Waals surface area contributed by atoms with Crippen LogP contribution in [0.5, 0.6) is 0 Å². The SMILES string of the molecule is CCNC(=NCCc1ccc(F)cc1)NCCNC(=O)c1ccccc1Cl. The van der Waals surface area contributed by atoms with Crippen molar-refractivity contribution in [2.45, 2.75) is 13.3 Å². The Bertz CT molecular complexity index is 765. The van der Waals surface area contributed by atoms with E-state index in [-0.39, 0.29) is 11.7 Å². The predicted molar refractivity (Wildman–Crippen MR) is 108 cm³/mol. The number of benzene rings is 2. The van der Waals surface area contributed by atoms with E-state index in [0.29, 0.717) is 36.2 Å². The van der Waals surface area contributed by atoms with Crippen molar-refractivity contribution in [3.05, 3.63) is 70.5 Å². The van der Waals surface area contributed by atoms with Gasteiger partial charge in [0.25, 0.3) is 5.91 Å². The van der Waals surface area contributed by atoms with Gasteiger partial charge in [0.15, 0.2) is 5.96 Å². The zero-order valence-corrected chi connectivity index (χ0v) is 16.0. The second kappa shape index (κ2) is 11.2. The molecule has 0 fully saturated rings. The van der Waals surface area contributed by atoms with Gasteiger partial charge < -0.3 is 16.0 Å². The fourth-order valence-corrected chi connectivity index (χ4v) is 2.61. The second-order valence-electron chi connectivity index (χ2n) is 5.80. The zero-order chi connectivity index (χ0) is 19.5. The van der Waals surface area contributed by atoms with Crippen LogP contribution in [0.3, 0.4) is 0 Å². The van der Waals surface area contributed by atoms with E-state index < -0.39 is 0 Å². The van der Waals surface area contributed by atoms with Gasteiger partial charge in [-0.05, 0) is 43.2 Å². The fourth-order valence-electron chi connectivity index (χ4n) is 2.39. The van der Waals surface area contributed by atoms with Gasteiger partial charge in [-0.2, -0.15) is 0 Å². The number of guanidine groups is 1. The summed E-state index contributed by atoms with van der Waals surface area (Å²) in [6, 6.07) is 13.3. The number of hydrogen-bond donors (Lipinski definition) is 3. The van der Waals surface area contributed by atoms with Crippen molar-refractivity contribution in [1.29, 1.82) is 0 Å². The number of aliphatic imine (C=N–C) groups is 1.